The molecule has 2 rings (SSSR count). The monoisotopic (exact) mass is 295 g/mol. The number of aromatic carboxylic acids is 1. The summed E-state index contributed by atoms with van der Waals surface area (Å²) in [4.78, 5) is 23.5. The van der Waals surface area contributed by atoms with Crippen LogP contribution in [-0.4, -0.2) is 17.0 Å². The first-order valence-electron chi connectivity index (χ1n) is 6.92. The van der Waals surface area contributed by atoms with E-state index in [9.17, 15) is 14.7 Å². The van der Waals surface area contributed by atoms with Crippen LogP contribution in [0.3, 0.4) is 0 Å². The van der Waals surface area contributed by atoms with Crippen LogP contribution in [0, 0.1) is 5.92 Å². The number of carboxylic acids is 1. The van der Waals surface area contributed by atoms with Crippen LogP contribution in [0.5, 0.6) is 0 Å². The number of hydrogen-bond acceptors (Lipinski definition) is 2. The van der Waals surface area contributed by atoms with Crippen molar-refractivity contribution in [1.82, 2.24) is 0 Å². The molecule has 1 saturated carbocycles. The summed E-state index contributed by atoms with van der Waals surface area (Å²) in [5.74, 6) is -1.26. The molecule has 1 aromatic carbocycles. The zero-order valence-electron chi connectivity index (χ0n) is 11.2. The van der Waals surface area contributed by atoms with E-state index in [0.29, 0.717) is 0 Å². The van der Waals surface area contributed by atoms with Crippen molar-refractivity contribution >= 4 is 29.2 Å². The molecule has 0 spiro atoms. The molecule has 0 radical (unpaired) electrons. The van der Waals surface area contributed by atoms with Gasteiger partial charge in [0.25, 0.3) is 0 Å². The van der Waals surface area contributed by atoms with Gasteiger partial charge < -0.3 is 10.4 Å². The molecule has 0 heterocycles. The highest BCUT2D eigenvalue weighted by molar-refractivity contribution is 6.34. The molecule has 1 fully saturated rings. The number of hydrogen-bond donors (Lipinski definition) is 2. The lowest BCUT2D eigenvalue weighted by molar-refractivity contribution is -0.120. The number of carbonyl (C=O) groups is 2. The minimum Gasteiger partial charge on any atom is -0.478 e. The van der Waals surface area contributed by atoms with Crippen LogP contribution >= 0.6 is 11.6 Å². The Kier molecular flexibility index (Phi) is 5.01. The van der Waals surface area contributed by atoms with Crippen LogP contribution in [0.25, 0.3) is 0 Å². The molecular formula is C15H18ClNO3. The number of benzene rings is 1. The summed E-state index contributed by atoms with van der Waals surface area (Å²) in [5.41, 5.74) is 0.232. The Bertz CT molecular complexity index is 508. The Morgan fingerprint density at radius 2 is 1.80 bits per heavy atom. The molecule has 2 N–H and O–H groups in total. The van der Waals surface area contributed by atoms with E-state index in [0.717, 1.165) is 25.7 Å². The van der Waals surface area contributed by atoms with Crippen LogP contribution in [0.2, 0.25) is 5.02 Å². The fourth-order valence-corrected chi connectivity index (χ4v) is 2.88. The Morgan fingerprint density at radius 3 is 2.40 bits per heavy atom. The van der Waals surface area contributed by atoms with Crippen LogP contribution in [0.1, 0.15) is 48.9 Å². The van der Waals surface area contributed by atoms with Gasteiger partial charge in [-0.15, -0.1) is 0 Å². The third-order valence-electron chi connectivity index (χ3n) is 3.71. The van der Waals surface area contributed by atoms with E-state index >= 15 is 0 Å². The van der Waals surface area contributed by atoms with Gasteiger partial charge in [-0.05, 0) is 25.0 Å². The van der Waals surface area contributed by atoms with E-state index in [1.165, 1.54) is 18.9 Å². The van der Waals surface area contributed by atoms with Gasteiger partial charge in [-0.3, -0.25) is 4.79 Å². The SMILES string of the molecule is O=C(O)c1c(Cl)cccc1NC(=O)C1CCCCCC1. The largest absolute Gasteiger partial charge is 0.478 e. The maximum absolute atomic E-state index is 12.3. The summed E-state index contributed by atoms with van der Waals surface area (Å²) >= 11 is 5.89. The molecule has 1 aromatic rings. The van der Waals surface area contributed by atoms with Crippen molar-refractivity contribution in [2.75, 3.05) is 5.32 Å². The maximum Gasteiger partial charge on any atom is 0.339 e. The van der Waals surface area contributed by atoms with Gasteiger partial charge in [0, 0.05) is 5.92 Å². The van der Waals surface area contributed by atoms with Crippen LogP contribution in [0.4, 0.5) is 5.69 Å². The smallest absolute Gasteiger partial charge is 0.339 e. The predicted molar refractivity (Wildman–Crippen MR) is 78.2 cm³/mol. The second-order valence-electron chi connectivity index (χ2n) is 5.15. The molecule has 0 aliphatic heterocycles. The van der Waals surface area contributed by atoms with Gasteiger partial charge in [0.15, 0.2) is 0 Å². The summed E-state index contributed by atoms with van der Waals surface area (Å²) < 4.78 is 0. The Balaban J connectivity index is 2.15. The summed E-state index contributed by atoms with van der Waals surface area (Å²) in [6.45, 7) is 0. The van der Waals surface area contributed by atoms with Crippen molar-refractivity contribution in [2.24, 2.45) is 5.92 Å². The van der Waals surface area contributed by atoms with Gasteiger partial charge in [0.05, 0.1) is 10.7 Å². The van der Waals surface area contributed by atoms with Crippen LogP contribution in [-0.2, 0) is 4.79 Å². The highest BCUT2D eigenvalue weighted by Gasteiger charge is 2.22. The van der Waals surface area contributed by atoms with Crippen molar-refractivity contribution in [3.05, 3.63) is 28.8 Å². The van der Waals surface area contributed by atoms with Gasteiger partial charge >= 0.3 is 5.97 Å². The molecular weight excluding hydrogens is 278 g/mol. The molecule has 0 atom stereocenters. The second-order valence-corrected chi connectivity index (χ2v) is 5.55. The fraction of sp³-hybridized carbons (Fsp3) is 0.467. The minimum absolute atomic E-state index is 0.0295. The number of rotatable bonds is 3. The summed E-state index contributed by atoms with van der Waals surface area (Å²) in [6, 6.07) is 4.72. The summed E-state index contributed by atoms with van der Waals surface area (Å²) in [5, 5.41) is 12.0. The lowest BCUT2D eigenvalue weighted by Gasteiger charge is -2.15. The molecule has 1 aliphatic rings. The Hall–Kier alpha value is -1.55. The van der Waals surface area contributed by atoms with Gasteiger partial charge in [0.1, 0.15) is 5.56 Å². The molecule has 0 unspecified atom stereocenters. The molecule has 20 heavy (non-hydrogen) atoms. The Labute approximate surface area is 123 Å². The number of amides is 1. The Morgan fingerprint density at radius 1 is 1.15 bits per heavy atom. The second kappa shape index (κ2) is 6.75. The molecule has 5 heteroatoms. The van der Waals surface area contributed by atoms with Gasteiger partial charge in [-0.1, -0.05) is 43.4 Å². The van der Waals surface area contributed by atoms with Crippen LogP contribution in [0.15, 0.2) is 18.2 Å². The maximum atomic E-state index is 12.3. The first kappa shape index (κ1) is 14.9. The first-order valence-corrected chi connectivity index (χ1v) is 7.30. The molecule has 1 amide bonds. The lowest BCUT2D eigenvalue weighted by atomic mass is 9.99. The first-order chi connectivity index (χ1) is 9.59. The van der Waals surface area contributed by atoms with E-state index < -0.39 is 5.97 Å². The van der Waals surface area contributed by atoms with Crippen molar-refractivity contribution in [3.8, 4) is 0 Å². The molecule has 108 valence electrons. The quantitative estimate of drug-likeness (QED) is 0.830. The van der Waals surface area contributed by atoms with E-state index in [4.69, 9.17) is 11.6 Å². The van der Waals surface area contributed by atoms with Gasteiger partial charge in [0.2, 0.25) is 5.91 Å². The van der Waals surface area contributed by atoms with E-state index in [1.807, 2.05) is 0 Å². The van der Waals surface area contributed by atoms with Crippen molar-refractivity contribution < 1.29 is 14.7 Å². The zero-order chi connectivity index (χ0) is 14.5. The van der Waals surface area contributed by atoms with E-state index in [-0.39, 0.29) is 28.1 Å². The van der Waals surface area contributed by atoms with Gasteiger partial charge in [-0.2, -0.15) is 0 Å². The zero-order valence-corrected chi connectivity index (χ0v) is 11.9. The van der Waals surface area contributed by atoms with Crippen molar-refractivity contribution in [2.45, 2.75) is 38.5 Å². The van der Waals surface area contributed by atoms with Gasteiger partial charge in [-0.25, -0.2) is 4.79 Å². The topological polar surface area (TPSA) is 66.4 Å². The number of halogens is 1. The lowest BCUT2D eigenvalue weighted by Crippen LogP contribution is -2.23. The van der Waals surface area contributed by atoms with Crippen molar-refractivity contribution in [1.29, 1.82) is 0 Å². The number of carboxylic acid groups (broad SMARTS) is 1. The molecule has 0 saturated heterocycles. The molecule has 0 aromatic heterocycles. The van der Waals surface area contributed by atoms with E-state index in [2.05, 4.69) is 5.32 Å². The standard InChI is InChI=1S/C15H18ClNO3/c16-11-8-5-9-12(13(11)15(19)20)17-14(18)10-6-3-1-2-4-7-10/h5,8-10H,1-4,6-7H2,(H,17,18)(H,19,20). The predicted octanol–water partition coefficient (Wildman–Crippen LogP) is 3.95. The van der Waals surface area contributed by atoms with E-state index in [1.54, 1.807) is 12.1 Å². The van der Waals surface area contributed by atoms with Crippen molar-refractivity contribution in [3.63, 3.8) is 0 Å². The minimum atomic E-state index is -1.13. The molecule has 4 nitrogen and oxygen atoms in total. The summed E-state index contributed by atoms with van der Waals surface area (Å²) in [7, 11) is 0. The van der Waals surface area contributed by atoms with Crippen LogP contribution < -0.4 is 5.32 Å². The average Bonchev–Trinajstić information content (AvgIpc) is 2.67. The fourth-order valence-electron chi connectivity index (χ4n) is 2.62. The highest BCUT2D eigenvalue weighted by atomic mass is 35.5. The third-order valence-corrected chi connectivity index (χ3v) is 4.03. The normalized spacial score (nSPS) is 16.4. The summed E-state index contributed by atoms with van der Waals surface area (Å²) in [6.07, 6.45) is 6.19. The number of nitrogens with one attached hydrogen (secondary N) is 1. The molecule has 1 aliphatic carbocycles. The number of carbonyl (C=O) groups excluding carboxylic acids is 1. The molecule has 0 bridgehead atoms. The highest BCUT2D eigenvalue weighted by Crippen LogP contribution is 2.27. The average molecular weight is 296 g/mol. The number of anilines is 1. The third kappa shape index (κ3) is 3.51.